The molecule has 1 fully saturated rings. The number of carbonyl (C=O) groups excluding carboxylic acids is 1. The zero-order valence-electron chi connectivity index (χ0n) is 10.9. The van der Waals surface area contributed by atoms with Gasteiger partial charge in [0, 0.05) is 12.3 Å². The summed E-state index contributed by atoms with van der Waals surface area (Å²) in [6.07, 6.45) is 5.13. The minimum atomic E-state index is 0.347. The van der Waals surface area contributed by atoms with Crippen LogP contribution in [0.15, 0.2) is 24.3 Å². The molecule has 1 aromatic carbocycles. The van der Waals surface area contributed by atoms with Crippen LogP contribution in [0.3, 0.4) is 0 Å². The lowest BCUT2D eigenvalue weighted by Gasteiger charge is -2.09. The van der Waals surface area contributed by atoms with Crippen molar-refractivity contribution in [2.75, 3.05) is 0 Å². The van der Waals surface area contributed by atoms with Gasteiger partial charge in [-0.2, -0.15) is 0 Å². The van der Waals surface area contributed by atoms with E-state index < -0.39 is 0 Å². The van der Waals surface area contributed by atoms with Gasteiger partial charge < -0.3 is 0 Å². The molecule has 2 rings (SSSR count). The van der Waals surface area contributed by atoms with Crippen molar-refractivity contribution < 1.29 is 4.79 Å². The molecule has 1 atom stereocenters. The van der Waals surface area contributed by atoms with E-state index in [1.807, 2.05) is 0 Å². The lowest BCUT2D eigenvalue weighted by Crippen LogP contribution is -2.07. The van der Waals surface area contributed by atoms with Gasteiger partial charge in [0.25, 0.3) is 0 Å². The second-order valence-electron chi connectivity index (χ2n) is 5.49. The maximum Gasteiger partial charge on any atom is 0.135 e. The van der Waals surface area contributed by atoms with Crippen LogP contribution in [0.5, 0.6) is 0 Å². The maximum absolute atomic E-state index is 11.5. The number of Topliss-reactive ketones (excluding diaryl/α,β-unsaturated/α-hetero) is 1. The average Bonchev–Trinajstić information content (AvgIpc) is 2.73. The van der Waals surface area contributed by atoms with Gasteiger partial charge in [0.15, 0.2) is 0 Å². The predicted octanol–water partition coefficient (Wildman–Crippen LogP) is 4.11. The third-order valence-electron chi connectivity index (χ3n) is 3.86. The molecule has 0 heterocycles. The van der Waals surface area contributed by atoms with E-state index in [2.05, 4.69) is 38.1 Å². The molecule has 1 unspecified atom stereocenters. The Labute approximate surface area is 104 Å². The summed E-state index contributed by atoms with van der Waals surface area (Å²) in [5, 5.41) is 0. The first-order valence-corrected chi connectivity index (χ1v) is 6.78. The molecular weight excluding hydrogens is 208 g/mol. The summed E-state index contributed by atoms with van der Waals surface area (Å²) >= 11 is 0. The maximum atomic E-state index is 11.5. The fourth-order valence-electron chi connectivity index (χ4n) is 2.60. The highest BCUT2D eigenvalue weighted by atomic mass is 16.1. The van der Waals surface area contributed by atoms with E-state index in [4.69, 9.17) is 0 Å². The monoisotopic (exact) mass is 230 g/mol. The molecule has 92 valence electrons. The molecule has 0 saturated heterocycles. The van der Waals surface area contributed by atoms with Crippen LogP contribution in [0, 0.1) is 5.92 Å². The van der Waals surface area contributed by atoms with Crippen LogP contribution >= 0.6 is 0 Å². The summed E-state index contributed by atoms with van der Waals surface area (Å²) in [6, 6.07) is 8.87. The van der Waals surface area contributed by atoms with E-state index in [0.29, 0.717) is 17.6 Å². The second kappa shape index (κ2) is 5.48. The van der Waals surface area contributed by atoms with Crippen LogP contribution in [0.2, 0.25) is 0 Å². The van der Waals surface area contributed by atoms with Crippen molar-refractivity contribution in [3.63, 3.8) is 0 Å². The van der Waals surface area contributed by atoms with Crippen LogP contribution in [0.1, 0.15) is 56.6 Å². The molecule has 0 bridgehead atoms. The van der Waals surface area contributed by atoms with E-state index in [0.717, 1.165) is 32.1 Å². The molecule has 1 aliphatic carbocycles. The molecule has 0 aliphatic heterocycles. The summed E-state index contributed by atoms with van der Waals surface area (Å²) in [7, 11) is 0. The third-order valence-corrected chi connectivity index (χ3v) is 3.86. The van der Waals surface area contributed by atoms with E-state index in [1.54, 1.807) is 0 Å². The standard InChI is InChI=1S/C16H22O/c1-12(2)14-9-6-13(7-10-14)8-11-15-4-3-5-16(15)17/h6-7,9-10,12,15H,3-5,8,11H2,1-2H3. The molecule has 0 radical (unpaired) electrons. The van der Waals surface area contributed by atoms with Gasteiger partial charge in [-0.3, -0.25) is 4.79 Å². The Bertz CT molecular complexity index is 375. The third kappa shape index (κ3) is 3.18. The Hall–Kier alpha value is -1.11. The first kappa shape index (κ1) is 12.3. The van der Waals surface area contributed by atoms with E-state index in [1.165, 1.54) is 11.1 Å². The number of hydrogen-bond acceptors (Lipinski definition) is 1. The number of rotatable bonds is 4. The van der Waals surface area contributed by atoms with Gasteiger partial charge in [0.1, 0.15) is 5.78 Å². The lowest BCUT2D eigenvalue weighted by molar-refractivity contribution is -0.120. The van der Waals surface area contributed by atoms with Gasteiger partial charge in [-0.05, 0) is 42.7 Å². The van der Waals surface area contributed by atoms with Crippen LogP contribution < -0.4 is 0 Å². The zero-order valence-corrected chi connectivity index (χ0v) is 10.9. The topological polar surface area (TPSA) is 17.1 Å². The van der Waals surface area contributed by atoms with Crippen molar-refractivity contribution >= 4 is 5.78 Å². The minimum absolute atomic E-state index is 0.347. The molecule has 1 nitrogen and oxygen atoms in total. The van der Waals surface area contributed by atoms with E-state index >= 15 is 0 Å². The molecule has 17 heavy (non-hydrogen) atoms. The van der Waals surface area contributed by atoms with Gasteiger partial charge in [-0.1, -0.05) is 38.1 Å². The molecule has 1 aromatic rings. The molecule has 1 heteroatoms. The Morgan fingerprint density at radius 1 is 1.24 bits per heavy atom. The van der Waals surface area contributed by atoms with Gasteiger partial charge in [0.2, 0.25) is 0 Å². The van der Waals surface area contributed by atoms with E-state index in [-0.39, 0.29) is 0 Å². The first-order chi connectivity index (χ1) is 8.16. The number of aryl methyl sites for hydroxylation is 1. The molecule has 1 aliphatic rings. The number of benzene rings is 1. The summed E-state index contributed by atoms with van der Waals surface area (Å²) < 4.78 is 0. The Morgan fingerprint density at radius 3 is 2.47 bits per heavy atom. The quantitative estimate of drug-likeness (QED) is 0.760. The average molecular weight is 230 g/mol. The smallest absolute Gasteiger partial charge is 0.135 e. The van der Waals surface area contributed by atoms with Crippen LogP contribution in [0.25, 0.3) is 0 Å². The highest BCUT2D eigenvalue weighted by molar-refractivity contribution is 5.82. The van der Waals surface area contributed by atoms with Crippen molar-refractivity contribution in [2.45, 2.75) is 51.9 Å². The number of carbonyl (C=O) groups is 1. The predicted molar refractivity (Wildman–Crippen MR) is 71.2 cm³/mol. The van der Waals surface area contributed by atoms with Crippen molar-refractivity contribution in [2.24, 2.45) is 5.92 Å². The number of ketones is 1. The molecule has 1 saturated carbocycles. The minimum Gasteiger partial charge on any atom is -0.299 e. The SMILES string of the molecule is CC(C)c1ccc(CCC2CCCC2=O)cc1. The fourth-order valence-corrected chi connectivity index (χ4v) is 2.60. The summed E-state index contributed by atoms with van der Waals surface area (Å²) in [4.78, 5) is 11.5. The zero-order chi connectivity index (χ0) is 12.3. The van der Waals surface area contributed by atoms with E-state index in [9.17, 15) is 4.79 Å². The van der Waals surface area contributed by atoms with Gasteiger partial charge in [-0.15, -0.1) is 0 Å². The first-order valence-electron chi connectivity index (χ1n) is 6.78. The summed E-state index contributed by atoms with van der Waals surface area (Å²) in [5.41, 5.74) is 2.76. The summed E-state index contributed by atoms with van der Waals surface area (Å²) in [6.45, 7) is 4.43. The van der Waals surface area contributed by atoms with Crippen LogP contribution in [-0.4, -0.2) is 5.78 Å². The Morgan fingerprint density at radius 2 is 1.94 bits per heavy atom. The van der Waals surface area contributed by atoms with Crippen molar-refractivity contribution in [3.05, 3.63) is 35.4 Å². The number of hydrogen-bond donors (Lipinski definition) is 0. The van der Waals surface area contributed by atoms with Gasteiger partial charge in [-0.25, -0.2) is 0 Å². The molecular formula is C16H22O. The highest BCUT2D eigenvalue weighted by Crippen LogP contribution is 2.26. The summed E-state index contributed by atoms with van der Waals surface area (Å²) in [5.74, 6) is 1.43. The van der Waals surface area contributed by atoms with Crippen molar-refractivity contribution in [1.29, 1.82) is 0 Å². The van der Waals surface area contributed by atoms with Gasteiger partial charge >= 0.3 is 0 Å². The molecule has 0 aromatic heterocycles. The largest absolute Gasteiger partial charge is 0.299 e. The molecule has 0 N–H and O–H groups in total. The van der Waals surface area contributed by atoms with Crippen molar-refractivity contribution in [1.82, 2.24) is 0 Å². The highest BCUT2D eigenvalue weighted by Gasteiger charge is 2.23. The Balaban J connectivity index is 1.88. The lowest BCUT2D eigenvalue weighted by atomic mass is 9.95. The molecule has 0 spiro atoms. The second-order valence-corrected chi connectivity index (χ2v) is 5.49. The normalized spacial score (nSPS) is 20.2. The van der Waals surface area contributed by atoms with Crippen LogP contribution in [0.4, 0.5) is 0 Å². The van der Waals surface area contributed by atoms with Crippen molar-refractivity contribution in [3.8, 4) is 0 Å². The molecule has 0 amide bonds. The Kier molecular flexibility index (Phi) is 3.98. The van der Waals surface area contributed by atoms with Gasteiger partial charge in [0.05, 0.1) is 0 Å². The van der Waals surface area contributed by atoms with Crippen LogP contribution in [-0.2, 0) is 11.2 Å². The fraction of sp³-hybridized carbons (Fsp3) is 0.562.